The minimum atomic E-state index is -1.12. The molecule has 6 heteroatoms. The molecule has 0 fully saturated rings. The fraction of sp³-hybridized carbons (Fsp3) is 0.333. The average molecular weight is 271 g/mol. The van der Waals surface area contributed by atoms with E-state index in [4.69, 9.17) is 16.7 Å². The van der Waals surface area contributed by atoms with E-state index < -0.39 is 11.5 Å². The maximum Gasteiger partial charge on any atom is 0.337 e. The molecule has 0 saturated carbocycles. The molecule has 0 aliphatic rings. The zero-order valence-corrected chi connectivity index (χ0v) is 11.1. The van der Waals surface area contributed by atoms with E-state index >= 15 is 0 Å². The minimum Gasteiger partial charge on any atom is -0.478 e. The molecule has 0 radical (unpaired) electrons. The number of nitrogens with one attached hydrogen (secondary N) is 2. The van der Waals surface area contributed by atoms with E-state index in [0.717, 1.165) is 0 Å². The number of carboxylic acids is 1. The first-order valence-corrected chi connectivity index (χ1v) is 5.69. The van der Waals surface area contributed by atoms with E-state index in [1.165, 1.54) is 18.2 Å². The smallest absolute Gasteiger partial charge is 0.337 e. The number of hydrogen-bond acceptors (Lipinski definition) is 3. The number of likely N-dealkylation sites (N-methyl/N-ethyl adjacent to an activating group) is 1. The number of benzene rings is 1. The van der Waals surface area contributed by atoms with Gasteiger partial charge >= 0.3 is 5.97 Å². The number of halogens is 1. The van der Waals surface area contributed by atoms with Crippen LogP contribution in [0.5, 0.6) is 0 Å². The quantitative estimate of drug-likeness (QED) is 0.782. The van der Waals surface area contributed by atoms with Crippen molar-refractivity contribution in [3.8, 4) is 0 Å². The van der Waals surface area contributed by atoms with Gasteiger partial charge in [-0.05, 0) is 39.1 Å². The summed E-state index contributed by atoms with van der Waals surface area (Å²) < 4.78 is 0. The largest absolute Gasteiger partial charge is 0.478 e. The molecular weight excluding hydrogens is 256 g/mol. The van der Waals surface area contributed by atoms with Crippen molar-refractivity contribution in [3.63, 3.8) is 0 Å². The van der Waals surface area contributed by atoms with Crippen LogP contribution in [0.25, 0.3) is 0 Å². The Hall–Kier alpha value is -1.59. The van der Waals surface area contributed by atoms with Gasteiger partial charge in [0.15, 0.2) is 0 Å². The van der Waals surface area contributed by atoms with Crippen LogP contribution in [0, 0.1) is 0 Å². The Morgan fingerprint density at radius 3 is 2.44 bits per heavy atom. The third kappa shape index (κ3) is 3.21. The number of aromatic carboxylic acids is 1. The molecule has 1 amide bonds. The second-order valence-electron chi connectivity index (χ2n) is 4.32. The van der Waals surface area contributed by atoms with Crippen LogP contribution in [0.1, 0.15) is 24.2 Å². The van der Waals surface area contributed by atoms with Crippen LogP contribution < -0.4 is 10.6 Å². The highest BCUT2D eigenvalue weighted by atomic mass is 35.5. The second-order valence-corrected chi connectivity index (χ2v) is 4.76. The fourth-order valence-corrected chi connectivity index (χ4v) is 1.37. The van der Waals surface area contributed by atoms with Crippen LogP contribution in [-0.2, 0) is 4.79 Å². The molecule has 1 aromatic rings. The van der Waals surface area contributed by atoms with Crippen molar-refractivity contribution in [1.82, 2.24) is 5.32 Å². The Balaban J connectivity index is 3.07. The van der Waals surface area contributed by atoms with Gasteiger partial charge in [0.05, 0.1) is 16.8 Å². The van der Waals surface area contributed by atoms with Gasteiger partial charge in [0.25, 0.3) is 0 Å². The van der Waals surface area contributed by atoms with Gasteiger partial charge in [0.1, 0.15) is 0 Å². The molecule has 0 bridgehead atoms. The van der Waals surface area contributed by atoms with Crippen molar-refractivity contribution >= 4 is 29.2 Å². The minimum absolute atomic E-state index is 0.000321. The fourth-order valence-electron chi connectivity index (χ4n) is 1.20. The second kappa shape index (κ2) is 5.37. The molecule has 5 nitrogen and oxygen atoms in total. The van der Waals surface area contributed by atoms with Gasteiger partial charge in [-0.2, -0.15) is 0 Å². The van der Waals surface area contributed by atoms with Gasteiger partial charge in [-0.1, -0.05) is 11.6 Å². The van der Waals surface area contributed by atoms with Gasteiger partial charge in [-0.15, -0.1) is 0 Å². The van der Waals surface area contributed by atoms with E-state index in [-0.39, 0.29) is 17.2 Å². The summed E-state index contributed by atoms with van der Waals surface area (Å²) >= 11 is 5.79. The van der Waals surface area contributed by atoms with Crippen LogP contribution in [0.4, 0.5) is 5.69 Å². The van der Waals surface area contributed by atoms with Crippen LogP contribution in [0.2, 0.25) is 5.02 Å². The van der Waals surface area contributed by atoms with E-state index in [2.05, 4.69) is 10.6 Å². The normalized spacial score (nSPS) is 11.1. The molecule has 0 aromatic heterocycles. The van der Waals surface area contributed by atoms with Crippen molar-refractivity contribution in [2.24, 2.45) is 0 Å². The molecule has 0 atom stereocenters. The van der Waals surface area contributed by atoms with Gasteiger partial charge in [-0.3, -0.25) is 4.79 Å². The zero-order chi connectivity index (χ0) is 13.9. The molecule has 0 aliphatic heterocycles. The highest BCUT2D eigenvalue weighted by Crippen LogP contribution is 2.22. The van der Waals surface area contributed by atoms with E-state index in [1.54, 1.807) is 20.9 Å². The molecule has 18 heavy (non-hydrogen) atoms. The summed E-state index contributed by atoms with van der Waals surface area (Å²) in [5.74, 6) is -1.46. The summed E-state index contributed by atoms with van der Waals surface area (Å²) in [5.41, 5.74) is -0.624. The predicted molar refractivity (Wildman–Crippen MR) is 70.2 cm³/mol. The lowest BCUT2D eigenvalue weighted by molar-refractivity contribution is -0.121. The Labute approximate surface area is 110 Å². The predicted octanol–water partition coefficient (Wildman–Crippen LogP) is 1.97. The summed E-state index contributed by atoms with van der Waals surface area (Å²) in [6.45, 7) is 3.38. The number of hydrogen-bond donors (Lipinski definition) is 3. The molecule has 0 saturated heterocycles. The number of anilines is 1. The van der Waals surface area contributed by atoms with Gasteiger partial charge in [0.2, 0.25) is 5.91 Å². The summed E-state index contributed by atoms with van der Waals surface area (Å²) in [5, 5.41) is 14.8. The molecule has 0 spiro atoms. The monoisotopic (exact) mass is 270 g/mol. The number of carboxylic acid groups (broad SMARTS) is 1. The standard InChI is InChI=1S/C12H15ClN2O3/c1-12(2,14-3)11(18)15-9-6-7(13)4-5-8(9)10(16)17/h4-6,14H,1-3H3,(H,15,18)(H,16,17). The summed E-state index contributed by atoms with van der Waals surface area (Å²) in [7, 11) is 1.65. The summed E-state index contributed by atoms with van der Waals surface area (Å²) in [4.78, 5) is 23.0. The van der Waals surface area contributed by atoms with Crippen molar-refractivity contribution < 1.29 is 14.7 Å². The van der Waals surface area contributed by atoms with Gasteiger partial charge in [-0.25, -0.2) is 4.79 Å². The topological polar surface area (TPSA) is 78.4 Å². The Morgan fingerprint density at radius 2 is 1.94 bits per heavy atom. The number of rotatable bonds is 4. The molecule has 0 aliphatic carbocycles. The van der Waals surface area contributed by atoms with Crippen molar-refractivity contribution in [1.29, 1.82) is 0 Å². The molecule has 3 N–H and O–H groups in total. The third-order valence-corrected chi connectivity index (χ3v) is 2.89. The molecule has 1 aromatic carbocycles. The van der Waals surface area contributed by atoms with Crippen LogP contribution in [0.15, 0.2) is 18.2 Å². The number of carbonyl (C=O) groups excluding carboxylic acids is 1. The maximum absolute atomic E-state index is 11.9. The van der Waals surface area contributed by atoms with Crippen LogP contribution in [0.3, 0.4) is 0 Å². The van der Waals surface area contributed by atoms with Crippen molar-refractivity contribution in [2.75, 3.05) is 12.4 Å². The van der Waals surface area contributed by atoms with E-state index in [0.29, 0.717) is 5.02 Å². The first-order valence-electron chi connectivity index (χ1n) is 5.31. The zero-order valence-electron chi connectivity index (χ0n) is 10.4. The van der Waals surface area contributed by atoms with E-state index in [1.807, 2.05) is 0 Å². The Morgan fingerprint density at radius 1 is 1.33 bits per heavy atom. The highest BCUT2D eigenvalue weighted by Gasteiger charge is 2.26. The Bertz CT molecular complexity index is 486. The van der Waals surface area contributed by atoms with E-state index in [9.17, 15) is 9.59 Å². The lowest BCUT2D eigenvalue weighted by Gasteiger charge is -2.23. The Kier molecular flexibility index (Phi) is 4.32. The SMILES string of the molecule is CNC(C)(C)C(=O)Nc1cc(Cl)ccc1C(=O)O. The van der Waals surface area contributed by atoms with Crippen LogP contribution >= 0.6 is 11.6 Å². The molecule has 98 valence electrons. The lowest BCUT2D eigenvalue weighted by atomic mass is 10.0. The summed E-state index contributed by atoms with van der Waals surface area (Å²) in [6, 6.07) is 4.23. The molecule has 0 heterocycles. The maximum atomic E-state index is 11.9. The first-order chi connectivity index (χ1) is 8.27. The third-order valence-electron chi connectivity index (χ3n) is 2.65. The first kappa shape index (κ1) is 14.5. The lowest BCUT2D eigenvalue weighted by Crippen LogP contribution is -2.48. The summed E-state index contributed by atoms with van der Waals surface area (Å²) in [6.07, 6.45) is 0. The van der Waals surface area contributed by atoms with Crippen LogP contribution in [-0.4, -0.2) is 29.6 Å². The molecule has 1 rings (SSSR count). The number of amides is 1. The van der Waals surface area contributed by atoms with Gasteiger partial charge in [0, 0.05) is 5.02 Å². The number of carbonyl (C=O) groups is 2. The average Bonchev–Trinajstić information content (AvgIpc) is 2.28. The van der Waals surface area contributed by atoms with Crippen molar-refractivity contribution in [2.45, 2.75) is 19.4 Å². The highest BCUT2D eigenvalue weighted by molar-refractivity contribution is 6.31. The molecular formula is C12H15ClN2O3. The van der Waals surface area contributed by atoms with Gasteiger partial charge < -0.3 is 15.7 Å². The molecule has 0 unspecified atom stereocenters. The van der Waals surface area contributed by atoms with Crippen molar-refractivity contribution in [3.05, 3.63) is 28.8 Å².